The number of fused-ring (bicyclic) bond motifs is 1. The van der Waals surface area contributed by atoms with Crippen LogP contribution < -0.4 is 16.0 Å². The van der Waals surface area contributed by atoms with Gasteiger partial charge < -0.3 is 14.4 Å². The Hall–Kier alpha value is -3.88. The van der Waals surface area contributed by atoms with Gasteiger partial charge in [-0.05, 0) is 42.7 Å². The van der Waals surface area contributed by atoms with Crippen molar-refractivity contribution in [2.45, 2.75) is 32.0 Å². The summed E-state index contributed by atoms with van der Waals surface area (Å²) < 4.78 is 11.5. The molecule has 1 N–H and O–H groups in total. The van der Waals surface area contributed by atoms with Gasteiger partial charge in [0.2, 0.25) is 0 Å². The maximum atomic E-state index is 12.7. The summed E-state index contributed by atoms with van der Waals surface area (Å²) in [4.78, 5) is 53.1. The topological polar surface area (TPSA) is 111 Å². The van der Waals surface area contributed by atoms with E-state index in [2.05, 4.69) is 4.98 Å². The summed E-state index contributed by atoms with van der Waals surface area (Å²) in [7, 11) is 1.59. The second-order valence-electron chi connectivity index (χ2n) is 7.62. The molecule has 0 bridgehead atoms. The number of amides is 1. The Morgan fingerprint density at radius 3 is 2.50 bits per heavy atom. The van der Waals surface area contributed by atoms with Crippen LogP contribution in [0.25, 0.3) is 10.9 Å². The first-order valence-electron chi connectivity index (χ1n) is 10.3. The molecule has 0 aliphatic heterocycles. The van der Waals surface area contributed by atoms with E-state index >= 15 is 0 Å². The summed E-state index contributed by atoms with van der Waals surface area (Å²) in [6.45, 7) is -0.415. The normalized spacial score (nSPS) is 13.0. The number of ether oxygens (including phenoxy) is 2. The first kappa shape index (κ1) is 21.4. The minimum atomic E-state index is -0.738. The zero-order valence-electron chi connectivity index (χ0n) is 17.6. The van der Waals surface area contributed by atoms with Crippen molar-refractivity contribution in [1.82, 2.24) is 14.5 Å². The molecule has 1 heterocycles. The molecule has 0 spiro atoms. The van der Waals surface area contributed by atoms with Gasteiger partial charge >= 0.3 is 11.7 Å². The lowest BCUT2D eigenvalue weighted by Crippen LogP contribution is -2.37. The zero-order valence-corrected chi connectivity index (χ0v) is 17.6. The summed E-state index contributed by atoms with van der Waals surface area (Å²) in [6, 6.07) is 14.0. The molecule has 3 aromatic rings. The average Bonchev–Trinajstić information content (AvgIpc) is 3.64. The first-order valence-corrected chi connectivity index (χ1v) is 10.3. The number of rotatable bonds is 8. The number of carbonyl (C=O) groups excluding carboxylic acids is 2. The van der Waals surface area contributed by atoms with Crippen LogP contribution in [0.1, 0.15) is 18.4 Å². The molecule has 2 aromatic carbocycles. The van der Waals surface area contributed by atoms with E-state index < -0.39 is 30.4 Å². The van der Waals surface area contributed by atoms with Crippen molar-refractivity contribution in [2.24, 2.45) is 0 Å². The number of aromatic nitrogens is 2. The number of benzene rings is 2. The van der Waals surface area contributed by atoms with Crippen LogP contribution in [0.15, 0.2) is 58.1 Å². The molecule has 0 unspecified atom stereocenters. The molecule has 1 amide bonds. The van der Waals surface area contributed by atoms with Crippen molar-refractivity contribution in [1.29, 1.82) is 0 Å². The molecule has 4 rings (SSSR count). The Bertz CT molecular complexity index is 1260. The molecule has 0 radical (unpaired) electrons. The molecular weight excluding hydrogens is 414 g/mol. The Labute approximate surface area is 183 Å². The lowest BCUT2D eigenvalue weighted by atomic mass is 10.2. The number of hydrogen-bond donors (Lipinski definition) is 1. The van der Waals surface area contributed by atoms with Gasteiger partial charge in [0, 0.05) is 12.6 Å². The number of nitrogens with one attached hydrogen (secondary N) is 1. The van der Waals surface area contributed by atoms with Crippen molar-refractivity contribution in [3.8, 4) is 5.75 Å². The predicted octanol–water partition coefficient (Wildman–Crippen LogP) is 1.43. The molecule has 9 heteroatoms. The summed E-state index contributed by atoms with van der Waals surface area (Å²) in [5.41, 5.74) is 0.0346. The highest BCUT2D eigenvalue weighted by atomic mass is 16.5. The standard InChI is InChI=1S/C23H23N3O6/c1-31-17-10-6-15(7-11-17)12-25(16-8-9-16)20(27)14-32-21(28)13-26-19-5-3-2-4-18(19)22(29)24-23(26)30/h2-7,10-11,16H,8-9,12-14H2,1H3,(H,24,29,30). The van der Waals surface area contributed by atoms with E-state index in [9.17, 15) is 19.2 Å². The van der Waals surface area contributed by atoms with Crippen LogP contribution in [0, 0.1) is 0 Å². The number of methoxy groups -OCH3 is 1. The fourth-order valence-electron chi connectivity index (χ4n) is 3.53. The molecule has 1 aliphatic rings. The highest BCUT2D eigenvalue weighted by Crippen LogP contribution is 2.28. The quantitative estimate of drug-likeness (QED) is 0.534. The third-order valence-electron chi connectivity index (χ3n) is 5.37. The number of aromatic amines is 1. The third kappa shape index (κ3) is 4.72. The van der Waals surface area contributed by atoms with Crippen molar-refractivity contribution < 1.29 is 19.1 Å². The smallest absolute Gasteiger partial charge is 0.329 e. The lowest BCUT2D eigenvalue weighted by molar-refractivity contribution is -0.153. The SMILES string of the molecule is COc1ccc(CN(C(=O)COC(=O)Cn2c(=O)[nH]c(=O)c3ccccc32)C2CC2)cc1. The average molecular weight is 437 g/mol. The summed E-state index contributed by atoms with van der Waals surface area (Å²) in [6.07, 6.45) is 1.82. The molecule has 1 aliphatic carbocycles. The molecule has 9 nitrogen and oxygen atoms in total. The van der Waals surface area contributed by atoms with Gasteiger partial charge in [0.25, 0.3) is 11.5 Å². The fraction of sp³-hybridized carbons (Fsp3) is 0.304. The predicted molar refractivity (Wildman–Crippen MR) is 116 cm³/mol. The van der Waals surface area contributed by atoms with E-state index in [4.69, 9.17) is 9.47 Å². The van der Waals surface area contributed by atoms with E-state index in [1.54, 1.807) is 36.3 Å². The van der Waals surface area contributed by atoms with Crippen LogP contribution in [-0.4, -0.2) is 46.1 Å². The van der Waals surface area contributed by atoms with E-state index in [0.717, 1.165) is 28.7 Å². The van der Waals surface area contributed by atoms with Crippen LogP contribution in [0.4, 0.5) is 0 Å². The Kier molecular flexibility index (Phi) is 6.07. The van der Waals surface area contributed by atoms with E-state index in [-0.39, 0.29) is 17.3 Å². The first-order chi connectivity index (χ1) is 15.5. The van der Waals surface area contributed by atoms with Gasteiger partial charge in [-0.15, -0.1) is 0 Å². The number of hydrogen-bond acceptors (Lipinski definition) is 6. The second kappa shape index (κ2) is 9.09. The maximum absolute atomic E-state index is 12.7. The minimum absolute atomic E-state index is 0.133. The van der Waals surface area contributed by atoms with Crippen molar-refractivity contribution in [2.75, 3.05) is 13.7 Å². The van der Waals surface area contributed by atoms with Gasteiger partial charge in [-0.2, -0.15) is 0 Å². The van der Waals surface area contributed by atoms with Crippen LogP contribution in [0.5, 0.6) is 5.75 Å². The van der Waals surface area contributed by atoms with Crippen molar-refractivity contribution in [3.63, 3.8) is 0 Å². The molecule has 1 fully saturated rings. The highest BCUT2D eigenvalue weighted by molar-refractivity contribution is 5.82. The van der Waals surface area contributed by atoms with Crippen LogP contribution >= 0.6 is 0 Å². The van der Waals surface area contributed by atoms with Crippen LogP contribution in [0.3, 0.4) is 0 Å². The van der Waals surface area contributed by atoms with Gasteiger partial charge in [-0.25, -0.2) is 4.79 Å². The van der Waals surface area contributed by atoms with Crippen LogP contribution in [0.2, 0.25) is 0 Å². The number of nitrogens with zero attached hydrogens (tertiary/aromatic N) is 2. The van der Waals surface area contributed by atoms with E-state index in [1.807, 2.05) is 24.3 Å². The molecule has 1 saturated carbocycles. The largest absolute Gasteiger partial charge is 0.497 e. The van der Waals surface area contributed by atoms with Gasteiger partial charge in [-0.3, -0.25) is 23.9 Å². The van der Waals surface area contributed by atoms with Crippen molar-refractivity contribution >= 4 is 22.8 Å². The summed E-state index contributed by atoms with van der Waals surface area (Å²) in [5.74, 6) is -0.301. The van der Waals surface area contributed by atoms with E-state index in [0.29, 0.717) is 12.1 Å². The highest BCUT2D eigenvalue weighted by Gasteiger charge is 2.33. The Balaban J connectivity index is 1.41. The molecule has 166 valence electrons. The molecule has 0 atom stereocenters. The minimum Gasteiger partial charge on any atom is -0.497 e. The zero-order chi connectivity index (χ0) is 22.7. The van der Waals surface area contributed by atoms with Gasteiger partial charge in [0.05, 0.1) is 18.0 Å². The van der Waals surface area contributed by atoms with Gasteiger partial charge in [0.1, 0.15) is 12.3 Å². The molecule has 32 heavy (non-hydrogen) atoms. The summed E-state index contributed by atoms with van der Waals surface area (Å²) >= 11 is 0. The Morgan fingerprint density at radius 1 is 1.09 bits per heavy atom. The lowest BCUT2D eigenvalue weighted by Gasteiger charge is -2.22. The van der Waals surface area contributed by atoms with Gasteiger partial charge in [0.15, 0.2) is 6.61 Å². The van der Waals surface area contributed by atoms with Crippen LogP contribution in [-0.2, 0) is 27.4 Å². The van der Waals surface area contributed by atoms with Gasteiger partial charge in [-0.1, -0.05) is 24.3 Å². The number of H-pyrrole nitrogens is 1. The third-order valence-corrected chi connectivity index (χ3v) is 5.37. The Morgan fingerprint density at radius 2 is 1.81 bits per heavy atom. The number of carbonyl (C=O) groups is 2. The van der Waals surface area contributed by atoms with E-state index in [1.165, 1.54) is 0 Å². The summed E-state index contributed by atoms with van der Waals surface area (Å²) in [5, 5.41) is 0.287. The number of esters is 1. The maximum Gasteiger partial charge on any atom is 0.329 e. The second-order valence-corrected chi connectivity index (χ2v) is 7.62. The molecular formula is C23H23N3O6. The molecule has 1 aromatic heterocycles. The molecule has 0 saturated heterocycles. The monoisotopic (exact) mass is 437 g/mol. The van der Waals surface area contributed by atoms with Crippen molar-refractivity contribution in [3.05, 3.63) is 74.9 Å². The fourth-order valence-corrected chi connectivity index (χ4v) is 3.53. The number of para-hydroxylation sites is 1.